The summed E-state index contributed by atoms with van der Waals surface area (Å²) >= 11 is 0. The Bertz CT molecular complexity index is 265. The van der Waals surface area contributed by atoms with Crippen molar-refractivity contribution in [1.29, 1.82) is 0 Å². The highest BCUT2D eigenvalue weighted by atomic mass is 16.2. The predicted molar refractivity (Wildman–Crippen MR) is 62.9 cm³/mol. The maximum Gasteiger partial charge on any atom is 0.125 e. The first-order valence-corrected chi connectivity index (χ1v) is 4.97. The van der Waals surface area contributed by atoms with E-state index in [-0.39, 0.29) is 12.0 Å². The minimum absolute atomic E-state index is 0.0778. The topological polar surface area (TPSA) is 49.7 Å². The number of hydrogen-bond acceptors (Lipinski definition) is 3. The molecule has 0 aliphatic carbocycles. The third-order valence-corrected chi connectivity index (χ3v) is 1.99. The molecule has 0 heterocycles. The zero-order chi connectivity index (χ0) is 11.7. The first-order valence-electron chi connectivity index (χ1n) is 4.97. The summed E-state index contributed by atoms with van der Waals surface area (Å²) in [7, 11) is 0. The van der Waals surface area contributed by atoms with Gasteiger partial charge in [-0.2, -0.15) is 0 Å². The summed E-state index contributed by atoms with van der Waals surface area (Å²) < 4.78 is 0. The van der Waals surface area contributed by atoms with Gasteiger partial charge in [0.2, 0.25) is 0 Å². The first kappa shape index (κ1) is 13.8. The summed E-state index contributed by atoms with van der Waals surface area (Å²) in [5.74, 6) is 0. The van der Waals surface area contributed by atoms with Gasteiger partial charge in [-0.3, -0.25) is 4.99 Å². The van der Waals surface area contributed by atoms with E-state index in [9.17, 15) is 4.79 Å². The van der Waals surface area contributed by atoms with E-state index >= 15 is 0 Å². The summed E-state index contributed by atoms with van der Waals surface area (Å²) in [4.78, 5) is 14.8. The molecule has 1 N–H and O–H groups in total. The third-order valence-electron chi connectivity index (χ3n) is 1.99. The lowest BCUT2D eigenvalue weighted by Gasteiger charge is -2.15. The van der Waals surface area contributed by atoms with Crippen LogP contribution >= 0.6 is 0 Å². The molecule has 0 aliphatic heterocycles. The fourth-order valence-corrected chi connectivity index (χ4v) is 0.994. The van der Waals surface area contributed by atoms with Crippen LogP contribution in [0, 0.1) is 5.41 Å². The number of aldehydes is 1. The molecule has 0 saturated carbocycles. The lowest BCUT2D eigenvalue weighted by Crippen LogP contribution is -2.12. The molecule has 3 nitrogen and oxygen atoms in total. The standard InChI is InChI=1S/C12H19NO2/c1-4-5-11(13-8-9-14)6-7-12(2,3)10-15/h4-5,8,10,14H,1,6-7,9H2,2-3H3/b11-5-,13-8+. The maximum absolute atomic E-state index is 10.7. The lowest BCUT2D eigenvalue weighted by atomic mass is 9.89. The average Bonchev–Trinajstić information content (AvgIpc) is 2.22. The van der Waals surface area contributed by atoms with Crippen molar-refractivity contribution in [3.63, 3.8) is 0 Å². The fourth-order valence-electron chi connectivity index (χ4n) is 0.994. The van der Waals surface area contributed by atoms with Crippen LogP contribution in [0.25, 0.3) is 0 Å². The Balaban J connectivity index is 4.31. The van der Waals surface area contributed by atoms with Crippen molar-refractivity contribution in [1.82, 2.24) is 0 Å². The van der Waals surface area contributed by atoms with E-state index in [4.69, 9.17) is 5.11 Å². The van der Waals surface area contributed by atoms with Gasteiger partial charge in [0.15, 0.2) is 0 Å². The number of carbonyl (C=O) groups excluding carboxylic acids is 1. The van der Waals surface area contributed by atoms with Crippen molar-refractivity contribution in [2.24, 2.45) is 10.4 Å². The van der Waals surface area contributed by atoms with Crippen LogP contribution in [0.4, 0.5) is 0 Å². The normalized spacial score (nSPS) is 13.1. The molecule has 0 aliphatic rings. The predicted octanol–water partition coefficient (Wildman–Crippen LogP) is 2.12. The third kappa shape index (κ3) is 6.80. The molecule has 0 fully saturated rings. The second-order valence-electron chi connectivity index (χ2n) is 3.99. The molecule has 0 aromatic heterocycles. The Labute approximate surface area is 91.2 Å². The SMILES string of the molecule is C=C/C=C(CCC(C)(C)C=O)\N=C\CO. The summed E-state index contributed by atoms with van der Waals surface area (Å²) in [6.07, 6.45) is 7.26. The monoisotopic (exact) mass is 209 g/mol. The molecule has 15 heavy (non-hydrogen) atoms. The summed E-state index contributed by atoms with van der Waals surface area (Å²) in [5, 5.41) is 8.60. The number of hydrogen-bond donors (Lipinski definition) is 1. The largest absolute Gasteiger partial charge is 0.391 e. The minimum Gasteiger partial charge on any atom is -0.391 e. The zero-order valence-corrected chi connectivity index (χ0v) is 9.44. The van der Waals surface area contributed by atoms with Gasteiger partial charge in [0, 0.05) is 17.3 Å². The molecular weight excluding hydrogens is 190 g/mol. The molecule has 84 valence electrons. The molecule has 0 atom stereocenters. The van der Waals surface area contributed by atoms with E-state index in [1.54, 1.807) is 12.2 Å². The van der Waals surface area contributed by atoms with Crippen LogP contribution < -0.4 is 0 Å². The van der Waals surface area contributed by atoms with Crippen molar-refractivity contribution in [2.75, 3.05) is 6.61 Å². The van der Waals surface area contributed by atoms with Gasteiger partial charge in [0.1, 0.15) is 6.29 Å². The minimum atomic E-state index is -0.324. The molecule has 0 saturated heterocycles. The second-order valence-corrected chi connectivity index (χ2v) is 3.99. The van der Waals surface area contributed by atoms with Crippen molar-refractivity contribution in [2.45, 2.75) is 26.7 Å². The number of aliphatic hydroxyl groups excluding tert-OH is 1. The molecule has 0 amide bonds. The molecule has 0 radical (unpaired) electrons. The van der Waals surface area contributed by atoms with E-state index in [1.807, 2.05) is 13.8 Å². The number of aliphatic hydroxyl groups is 1. The van der Waals surface area contributed by atoms with Crippen LogP contribution in [0.15, 0.2) is 29.4 Å². The number of carbonyl (C=O) groups is 1. The van der Waals surface area contributed by atoms with Crippen LogP contribution in [0.1, 0.15) is 26.7 Å². The van der Waals surface area contributed by atoms with Crippen molar-refractivity contribution >= 4 is 12.5 Å². The van der Waals surface area contributed by atoms with Crippen molar-refractivity contribution < 1.29 is 9.90 Å². The molecule has 0 rings (SSSR count). The lowest BCUT2D eigenvalue weighted by molar-refractivity contribution is -0.114. The smallest absolute Gasteiger partial charge is 0.125 e. The Morgan fingerprint density at radius 2 is 2.20 bits per heavy atom. The van der Waals surface area contributed by atoms with Crippen molar-refractivity contribution in [3.8, 4) is 0 Å². The van der Waals surface area contributed by atoms with Gasteiger partial charge in [-0.15, -0.1) is 0 Å². The average molecular weight is 209 g/mol. The Kier molecular flexibility index (Phi) is 6.54. The molecule has 0 unspecified atom stereocenters. The van der Waals surface area contributed by atoms with E-state index in [2.05, 4.69) is 11.6 Å². The summed E-state index contributed by atoms with van der Waals surface area (Å²) in [5.41, 5.74) is 0.503. The van der Waals surface area contributed by atoms with Gasteiger partial charge in [-0.1, -0.05) is 26.5 Å². The zero-order valence-electron chi connectivity index (χ0n) is 9.44. The van der Waals surface area contributed by atoms with E-state index in [1.165, 1.54) is 6.21 Å². The highest BCUT2D eigenvalue weighted by Crippen LogP contribution is 2.22. The van der Waals surface area contributed by atoms with E-state index in [0.717, 1.165) is 18.4 Å². The molecule has 0 aromatic carbocycles. The van der Waals surface area contributed by atoms with Crippen LogP contribution in [-0.2, 0) is 4.79 Å². The fraction of sp³-hybridized carbons (Fsp3) is 0.500. The molecule has 0 spiro atoms. The molecule has 0 bridgehead atoms. The Morgan fingerprint density at radius 3 is 2.67 bits per heavy atom. The highest BCUT2D eigenvalue weighted by Gasteiger charge is 2.16. The molecular formula is C12H19NO2. The maximum atomic E-state index is 10.7. The van der Waals surface area contributed by atoms with Gasteiger partial charge in [-0.25, -0.2) is 0 Å². The summed E-state index contributed by atoms with van der Waals surface area (Å²) in [6.45, 7) is 7.29. The van der Waals surface area contributed by atoms with Gasteiger partial charge < -0.3 is 9.90 Å². The number of nitrogens with zero attached hydrogens (tertiary/aromatic N) is 1. The molecule has 3 heteroatoms. The highest BCUT2D eigenvalue weighted by molar-refractivity contribution is 5.60. The quantitative estimate of drug-likeness (QED) is 0.396. The number of aliphatic imine (C=N–C) groups is 1. The molecule has 0 aromatic rings. The van der Waals surface area contributed by atoms with Crippen molar-refractivity contribution in [3.05, 3.63) is 24.4 Å². The van der Waals surface area contributed by atoms with Gasteiger partial charge >= 0.3 is 0 Å². The first-order chi connectivity index (χ1) is 7.05. The Hall–Kier alpha value is -1.22. The van der Waals surface area contributed by atoms with Gasteiger partial charge in [0.05, 0.1) is 6.61 Å². The van der Waals surface area contributed by atoms with Crippen LogP contribution in [0.3, 0.4) is 0 Å². The van der Waals surface area contributed by atoms with Crippen LogP contribution in [-0.4, -0.2) is 24.2 Å². The van der Waals surface area contributed by atoms with Crippen LogP contribution in [0.2, 0.25) is 0 Å². The van der Waals surface area contributed by atoms with Crippen LogP contribution in [0.5, 0.6) is 0 Å². The van der Waals surface area contributed by atoms with E-state index < -0.39 is 0 Å². The van der Waals surface area contributed by atoms with Gasteiger partial charge in [-0.05, 0) is 18.9 Å². The van der Waals surface area contributed by atoms with E-state index in [0.29, 0.717) is 6.42 Å². The Morgan fingerprint density at radius 1 is 1.53 bits per heavy atom. The second kappa shape index (κ2) is 7.12. The summed E-state index contributed by atoms with van der Waals surface area (Å²) in [6, 6.07) is 0. The van der Waals surface area contributed by atoms with Gasteiger partial charge in [0.25, 0.3) is 0 Å². The number of rotatable bonds is 7. The number of allylic oxidation sites excluding steroid dienone is 3.